The van der Waals surface area contributed by atoms with Crippen LogP contribution in [0.15, 0.2) is 28.7 Å². The van der Waals surface area contributed by atoms with Gasteiger partial charge in [0.25, 0.3) is 0 Å². The van der Waals surface area contributed by atoms with Crippen molar-refractivity contribution in [3.05, 3.63) is 34.4 Å². The monoisotopic (exact) mass is 817 g/mol. The number of alkyl carbamates (subject to hydrolysis) is 1. The van der Waals surface area contributed by atoms with E-state index >= 15 is 0 Å². The van der Waals surface area contributed by atoms with Crippen LogP contribution in [-0.4, -0.2) is 81.6 Å². The first kappa shape index (κ1) is 44.1. The second-order valence-corrected chi connectivity index (χ2v) is 18.7. The first-order valence-corrected chi connectivity index (χ1v) is 21.6. The average Bonchev–Trinajstić information content (AvgIpc) is 3.64. The van der Waals surface area contributed by atoms with E-state index < -0.39 is 54.6 Å². The van der Waals surface area contributed by atoms with Crippen molar-refractivity contribution in [2.45, 2.75) is 149 Å². The highest BCUT2D eigenvalue weighted by molar-refractivity contribution is 5.92. The summed E-state index contributed by atoms with van der Waals surface area (Å²) in [5.41, 5.74) is 0.880. The summed E-state index contributed by atoms with van der Waals surface area (Å²) in [5, 5.41) is 26.6. The van der Waals surface area contributed by atoms with Crippen LogP contribution in [0.3, 0.4) is 0 Å². The van der Waals surface area contributed by atoms with Gasteiger partial charge in [0.15, 0.2) is 6.10 Å². The van der Waals surface area contributed by atoms with Gasteiger partial charge in [0, 0.05) is 38.5 Å². The molecule has 1 aromatic heterocycles. The summed E-state index contributed by atoms with van der Waals surface area (Å²) >= 11 is 0. The van der Waals surface area contributed by atoms with E-state index in [4.69, 9.17) is 14.6 Å². The van der Waals surface area contributed by atoms with E-state index in [2.05, 4.69) is 61.6 Å². The Morgan fingerprint density at radius 2 is 1.76 bits per heavy atom. The maximum Gasteiger partial charge on any atom is 0.407 e. The highest BCUT2D eigenvalue weighted by Crippen LogP contribution is 2.67. The van der Waals surface area contributed by atoms with Gasteiger partial charge in [0.2, 0.25) is 18.0 Å². The summed E-state index contributed by atoms with van der Waals surface area (Å²) in [6.07, 6.45) is 9.30. The number of carbonyl (C=O) groups is 3. The second-order valence-electron chi connectivity index (χ2n) is 18.7. The van der Waals surface area contributed by atoms with Gasteiger partial charge in [-0.25, -0.2) is 9.59 Å². The van der Waals surface area contributed by atoms with Crippen LogP contribution in [0, 0.1) is 46.3 Å². The summed E-state index contributed by atoms with van der Waals surface area (Å²) in [6, 6.07) is 1.10. The lowest BCUT2D eigenvalue weighted by molar-refractivity contribution is -0.141. The minimum Gasteiger partial charge on any atom is -0.446 e. The molecule has 1 aliphatic heterocycles. The largest absolute Gasteiger partial charge is 0.446 e. The molecule has 3 amide bonds. The molecule has 0 spiro atoms. The highest BCUT2D eigenvalue weighted by Gasteiger charge is 2.60. The van der Waals surface area contributed by atoms with Crippen molar-refractivity contribution in [3.8, 4) is 0 Å². The van der Waals surface area contributed by atoms with Crippen molar-refractivity contribution in [2.24, 2.45) is 46.3 Å². The Morgan fingerprint density at radius 1 is 1.02 bits per heavy atom. The number of hydrogen-bond acceptors (Lipinski definition) is 9. The molecule has 58 heavy (non-hydrogen) atoms. The van der Waals surface area contributed by atoms with E-state index in [-0.39, 0.29) is 43.3 Å². The molecule has 5 aliphatic rings. The number of nitrogens with one attached hydrogen (secondary N) is 3. The van der Waals surface area contributed by atoms with Gasteiger partial charge < -0.3 is 35.6 Å². The van der Waals surface area contributed by atoms with E-state index in [9.17, 15) is 33.1 Å². The van der Waals surface area contributed by atoms with Gasteiger partial charge in [0.1, 0.15) is 18.0 Å². The molecule has 0 radical (unpaired) electrons. The molecule has 0 bridgehead atoms. The molecule has 1 aromatic rings. The van der Waals surface area contributed by atoms with Crippen LogP contribution < -0.4 is 21.6 Å². The average molecular weight is 818 g/mol. The number of nitrogens with zero attached hydrogens (tertiary/aromatic N) is 2. The molecule has 11 unspecified atom stereocenters. The van der Waals surface area contributed by atoms with Crippen molar-refractivity contribution in [1.29, 1.82) is 0 Å². The number of anilines is 1. The van der Waals surface area contributed by atoms with Crippen LogP contribution in [0.2, 0.25) is 0 Å². The van der Waals surface area contributed by atoms with Gasteiger partial charge in [-0.15, -0.1) is 0 Å². The molecule has 0 aromatic carbocycles. The van der Waals surface area contributed by atoms with E-state index in [1.165, 1.54) is 50.5 Å². The number of aliphatic hydroxyl groups is 2. The normalized spacial score (nSPS) is 34.3. The lowest BCUT2D eigenvalue weighted by Crippen LogP contribution is -2.51. The lowest BCUT2D eigenvalue weighted by Gasteiger charge is -2.58. The summed E-state index contributed by atoms with van der Waals surface area (Å²) in [6.45, 7) is 11.7. The predicted molar refractivity (Wildman–Crippen MR) is 213 cm³/mol. The molecule has 324 valence electrons. The second kappa shape index (κ2) is 18.0. The number of alkyl halides is 2. The number of aliphatic hydroxyl groups excluding tert-OH is 2. The predicted octanol–water partition coefficient (Wildman–Crippen LogP) is 6.10. The zero-order chi connectivity index (χ0) is 42.0. The highest BCUT2D eigenvalue weighted by atomic mass is 19.3. The standard InChI is InChI=1S/C43H65F2N5O8/c1-25(2)7-6-8-26(3)30-11-12-31-29-10-9-27-23-28(15-18-41(27,4)32(29)16-19-42(30,31)5)57-40(56)47-21-20-46-35(52)13-14-36(53)48-34-17-22-50(39(55)49-34)38-43(44,45)37(54)33(24-51)58-38/h9,17,22,25-26,28-33,37-38,51,54H,6-8,10-16,18-21,23-24H2,1-5H3,(H,46,52)(H,47,56)(H,48,49,53,55). The third kappa shape index (κ3) is 9.16. The molecule has 13 nitrogen and oxygen atoms in total. The fraction of sp³-hybridized carbons (Fsp3) is 0.791. The van der Waals surface area contributed by atoms with E-state index in [1.54, 1.807) is 0 Å². The molecule has 15 heteroatoms. The zero-order valence-electron chi connectivity index (χ0n) is 34.8. The fourth-order valence-electron chi connectivity index (χ4n) is 11.6. The van der Waals surface area contributed by atoms with Crippen molar-refractivity contribution in [2.75, 3.05) is 25.0 Å². The first-order valence-electron chi connectivity index (χ1n) is 21.6. The zero-order valence-corrected chi connectivity index (χ0v) is 34.8. The Hall–Kier alpha value is -3.43. The Morgan fingerprint density at radius 3 is 2.47 bits per heavy atom. The van der Waals surface area contributed by atoms with E-state index in [1.807, 2.05) is 0 Å². The molecule has 5 N–H and O–H groups in total. The SMILES string of the molecule is CC(C)CCCC(C)C1CCC2C3CC=C4CC(OC(=O)NCCNC(=O)CCC(=O)Nc5ccn(C6OC(CO)C(O)C6(F)F)c(=O)n5)CCC4(C)C3CCC12C. The van der Waals surface area contributed by atoms with Crippen molar-refractivity contribution >= 4 is 23.7 Å². The third-order valence-electron chi connectivity index (χ3n) is 14.7. The van der Waals surface area contributed by atoms with Crippen molar-refractivity contribution in [3.63, 3.8) is 0 Å². The molecule has 6 rings (SSSR count). The Bertz CT molecular complexity index is 1740. The number of rotatable bonds is 15. The summed E-state index contributed by atoms with van der Waals surface area (Å²) in [5.74, 6) is -0.551. The van der Waals surface area contributed by atoms with Gasteiger partial charge in [-0.2, -0.15) is 13.8 Å². The van der Waals surface area contributed by atoms with Crippen LogP contribution in [0.25, 0.3) is 0 Å². The van der Waals surface area contributed by atoms with Crippen LogP contribution in [0.4, 0.5) is 19.4 Å². The van der Waals surface area contributed by atoms with Gasteiger partial charge in [-0.05, 0) is 97.3 Å². The fourth-order valence-corrected chi connectivity index (χ4v) is 11.6. The molecule has 1 saturated heterocycles. The first-order chi connectivity index (χ1) is 27.5. The van der Waals surface area contributed by atoms with E-state index in [0.29, 0.717) is 15.9 Å². The van der Waals surface area contributed by atoms with Gasteiger partial charge in [-0.1, -0.05) is 65.5 Å². The summed E-state index contributed by atoms with van der Waals surface area (Å²) in [4.78, 5) is 53.5. The molecular formula is C43H65F2N5O8. The van der Waals surface area contributed by atoms with Crippen LogP contribution >= 0.6 is 0 Å². The maximum absolute atomic E-state index is 14.4. The van der Waals surface area contributed by atoms with Gasteiger partial charge >= 0.3 is 17.7 Å². The Balaban J connectivity index is 0.888. The van der Waals surface area contributed by atoms with Crippen LogP contribution in [0.1, 0.15) is 124 Å². The molecule has 4 fully saturated rings. The van der Waals surface area contributed by atoms with Crippen molar-refractivity contribution in [1.82, 2.24) is 20.2 Å². The molecule has 2 heterocycles. The maximum atomic E-state index is 14.4. The number of hydrogen-bond donors (Lipinski definition) is 5. The van der Waals surface area contributed by atoms with Crippen LogP contribution in [0.5, 0.6) is 0 Å². The molecular weight excluding hydrogens is 752 g/mol. The number of halogens is 2. The van der Waals surface area contributed by atoms with Gasteiger partial charge in [-0.3, -0.25) is 14.2 Å². The number of aromatic nitrogens is 2. The van der Waals surface area contributed by atoms with Crippen molar-refractivity contribution < 1.29 is 42.9 Å². The summed E-state index contributed by atoms with van der Waals surface area (Å²) in [7, 11) is 0. The quantitative estimate of drug-likeness (QED) is 0.103. The third-order valence-corrected chi connectivity index (χ3v) is 14.7. The minimum atomic E-state index is -3.87. The smallest absolute Gasteiger partial charge is 0.407 e. The van der Waals surface area contributed by atoms with Crippen LogP contribution in [-0.2, 0) is 19.1 Å². The Kier molecular flexibility index (Phi) is 13.7. The lowest BCUT2D eigenvalue weighted by atomic mass is 9.47. The molecule has 11 atom stereocenters. The number of ether oxygens (including phenoxy) is 2. The summed E-state index contributed by atoms with van der Waals surface area (Å²) < 4.78 is 40.1. The number of amides is 3. The molecule has 4 aliphatic carbocycles. The number of carbonyl (C=O) groups excluding carboxylic acids is 3. The molecule has 3 saturated carbocycles. The number of allylic oxidation sites excluding steroid dienone is 1. The topological polar surface area (TPSA) is 181 Å². The van der Waals surface area contributed by atoms with Gasteiger partial charge in [0.05, 0.1) is 6.61 Å². The van der Waals surface area contributed by atoms with E-state index in [0.717, 1.165) is 67.5 Å². The minimum absolute atomic E-state index is 0.129. The number of fused-ring (bicyclic) bond motifs is 5. The Labute approximate surface area is 340 Å².